The first-order valence-electron chi connectivity index (χ1n) is 7.49. The van der Waals surface area contributed by atoms with Gasteiger partial charge in [-0.05, 0) is 37.3 Å². The minimum Gasteiger partial charge on any atom is -0.350 e. The van der Waals surface area contributed by atoms with Gasteiger partial charge in [0.15, 0.2) is 5.17 Å². The molecule has 1 fully saturated rings. The van der Waals surface area contributed by atoms with E-state index in [1.807, 2.05) is 13.8 Å². The van der Waals surface area contributed by atoms with Crippen molar-refractivity contribution in [1.82, 2.24) is 4.90 Å². The Hall–Kier alpha value is -1.56. The molecule has 120 valence electrons. The highest BCUT2D eigenvalue weighted by atomic mass is 32.2. The minimum absolute atomic E-state index is 0.129. The standard InChI is InChI=1S/C16H23N3O2S/c1-10(2)6-14-9-22-16(18(14)5)17-15-11(3)7-13(19(20)21)8-12(15)4/h7-8,10,14H,6,9H2,1-5H3/t14-/m0/s1. The van der Waals surface area contributed by atoms with Crippen LogP contribution in [-0.2, 0) is 0 Å². The summed E-state index contributed by atoms with van der Waals surface area (Å²) >= 11 is 1.77. The van der Waals surface area contributed by atoms with Crippen molar-refractivity contribution in [3.63, 3.8) is 0 Å². The van der Waals surface area contributed by atoms with Crippen LogP contribution in [0, 0.1) is 29.9 Å². The van der Waals surface area contributed by atoms with E-state index in [1.54, 1.807) is 23.9 Å². The smallest absolute Gasteiger partial charge is 0.270 e. The number of aliphatic imine (C=N–C) groups is 1. The highest BCUT2D eigenvalue weighted by molar-refractivity contribution is 8.14. The lowest BCUT2D eigenvalue weighted by molar-refractivity contribution is -0.384. The fourth-order valence-corrected chi connectivity index (χ4v) is 3.94. The zero-order valence-electron chi connectivity index (χ0n) is 13.8. The molecule has 0 bridgehead atoms. The third kappa shape index (κ3) is 3.61. The Morgan fingerprint density at radius 3 is 2.50 bits per heavy atom. The van der Waals surface area contributed by atoms with Gasteiger partial charge in [0.1, 0.15) is 0 Å². The van der Waals surface area contributed by atoms with Crippen LogP contribution in [0.5, 0.6) is 0 Å². The van der Waals surface area contributed by atoms with Gasteiger partial charge in [0, 0.05) is 31.0 Å². The molecule has 1 atom stereocenters. The molecule has 22 heavy (non-hydrogen) atoms. The van der Waals surface area contributed by atoms with Gasteiger partial charge in [0.05, 0.1) is 10.6 Å². The van der Waals surface area contributed by atoms with Crippen LogP contribution < -0.4 is 0 Å². The van der Waals surface area contributed by atoms with Gasteiger partial charge in [-0.15, -0.1) is 0 Å². The number of nitro benzene ring substituents is 1. The van der Waals surface area contributed by atoms with E-state index in [4.69, 9.17) is 4.99 Å². The second kappa shape index (κ2) is 6.69. The number of nitro groups is 1. The molecule has 0 radical (unpaired) electrons. The summed E-state index contributed by atoms with van der Waals surface area (Å²) in [7, 11) is 2.09. The second-order valence-electron chi connectivity index (χ2n) is 6.28. The number of aryl methyl sites for hydroxylation is 2. The molecule has 1 aromatic rings. The lowest BCUT2D eigenvalue weighted by atomic mass is 10.0. The summed E-state index contributed by atoms with van der Waals surface area (Å²) in [5.41, 5.74) is 2.68. The van der Waals surface area contributed by atoms with E-state index in [1.165, 1.54) is 0 Å². The van der Waals surface area contributed by atoms with E-state index in [-0.39, 0.29) is 10.6 Å². The number of rotatable bonds is 4. The number of amidine groups is 1. The molecule has 0 aliphatic carbocycles. The molecule has 0 saturated carbocycles. The monoisotopic (exact) mass is 321 g/mol. The maximum Gasteiger partial charge on any atom is 0.270 e. The van der Waals surface area contributed by atoms with Crippen molar-refractivity contribution < 1.29 is 4.92 Å². The van der Waals surface area contributed by atoms with Gasteiger partial charge in [-0.25, -0.2) is 4.99 Å². The van der Waals surface area contributed by atoms with Crippen molar-refractivity contribution >= 4 is 28.3 Å². The van der Waals surface area contributed by atoms with E-state index in [2.05, 4.69) is 25.8 Å². The molecule has 1 aromatic carbocycles. The Balaban J connectivity index is 2.28. The third-order valence-corrected chi connectivity index (χ3v) is 5.08. The first kappa shape index (κ1) is 16.8. The van der Waals surface area contributed by atoms with Crippen LogP contribution in [-0.4, -0.2) is 33.8 Å². The summed E-state index contributed by atoms with van der Waals surface area (Å²) in [5.74, 6) is 1.72. The summed E-state index contributed by atoms with van der Waals surface area (Å²) in [6.07, 6.45) is 1.15. The normalized spacial score (nSPS) is 20.2. The van der Waals surface area contributed by atoms with Crippen molar-refractivity contribution in [3.05, 3.63) is 33.4 Å². The highest BCUT2D eigenvalue weighted by Crippen LogP contribution is 2.33. The number of hydrogen-bond donors (Lipinski definition) is 0. The van der Waals surface area contributed by atoms with Crippen LogP contribution in [0.3, 0.4) is 0 Å². The number of nitrogens with zero attached hydrogens (tertiary/aromatic N) is 3. The Labute approximate surface area is 136 Å². The van der Waals surface area contributed by atoms with Gasteiger partial charge in [0.2, 0.25) is 0 Å². The SMILES string of the molecule is Cc1cc([N+](=O)[O-])cc(C)c1N=C1SC[C@H](CC(C)C)N1C. The molecule has 1 aliphatic rings. The average molecular weight is 321 g/mol. The predicted molar refractivity (Wildman–Crippen MR) is 93.1 cm³/mol. The van der Waals surface area contributed by atoms with Crippen LogP contribution in [0.15, 0.2) is 17.1 Å². The Bertz CT molecular complexity index is 590. The summed E-state index contributed by atoms with van der Waals surface area (Å²) in [6.45, 7) is 8.23. The number of non-ortho nitro benzene ring substituents is 1. The summed E-state index contributed by atoms with van der Waals surface area (Å²) in [5, 5.41) is 11.9. The van der Waals surface area contributed by atoms with Crippen molar-refractivity contribution in [2.75, 3.05) is 12.8 Å². The van der Waals surface area contributed by atoms with Crippen LogP contribution in [0.1, 0.15) is 31.4 Å². The van der Waals surface area contributed by atoms with Crippen LogP contribution in [0.25, 0.3) is 0 Å². The molecule has 6 heteroatoms. The molecule has 0 aromatic heterocycles. The summed E-state index contributed by atoms with van der Waals surface area (Å²) in [4.78, 5) is 17.6. The molecule has 1 heterocycles. The number of benzene rings is 1. The van der Waals surface area contributed by atoms with Crippen molar-refractivity contribution in [1.29, 1.82) is 0 Å². The number of thioether (sulfide) groups is 1. The molecule has 0 unspecified atom stereocenters. The van der Waals surface area contributed by atoms with Crippen LogP contribution in [0.4, 0.5) is 11.4 Å². The average Bonchev–Trinajstić information content (AvgIpc) is 2.74. The molecule has 1 saturated heterocycles. The van der Waals surface area contributed by atoms with Gasteiger partial charge in [-0.3, -0.25) is 10.1 Å². The van der Waals surface area contributed by atoms with Gasteiger partial charge in [0.25, 0.3) is 5.69 Å². The zero-order valence-corrected chi connectivity index (χ0v) is 14.6. The lowest BCUT2D eigenvalue weighted by Gasteiger charge is -2.22. The summed E-state index contributed by atoms with van der Waals surface area (Å²) in [6, 6.07) is 3.71. The molecule has 2 rings (SSSR count). The lowest BCUT2D eigenvalue weighted by Crippen LogP contribution is -2.30. The van der Waals surface area contributed by atoms with E-state index < -0.39 is 0 Å². The Morgan fingerprint density at radius 2 is 2.00 bits per heavy atom. The molecular weight excluding hydrogens is 298 g/mol. The predicted octanol–water partition coefficient (Wildman–Crippen LogP) is 4.29. The van der Waals surface area contributed by atoms with E-state index >= 15 is 0 Å². The molecular formula is C16H23N3O2S. The number of hydrogen-bond acceptors (Lipinski definition) is 4. The van der Waals surface area contributed by atoms with Gasteiger partial charge in [-0.1, -0.05) is 25.6 Å². The van der Waals surface area contributed by atoms with Gasteiger partial charge >= 0.3 is 0 Å². The van der Waals surface area contributed by atoms with E-state index in [0.717, 1.165) is 34.2 Å². The van der Waals surface area contributed by atoms with Crippen LogP contribution in [0.2, 0.25) is 0 Å². The third-order valence-electron chi connectivity index (χ3n) is 3.89. The largest absolute Gasteiger partial charge is 0.350 e. The Kier molecular flexibility index (Phi) is 5.11. The topological polar surface area (TPSA) is 58.7 Å². The van der Waals surface area contributed by atoms with E-state index in [0.29, 0.717) is 12.0 Å². The maximum atomic E-state index is 10.9. The molecule has 0 N–H and O–H groups in total. The van der Waals surface area contributed by atoms with Gasteiger partial charge < -0.3 is 4.90 Å². The fraction of sp³-hybridized carbons (Fsp3) is 0.562. The van der Waals surface area contributed by atoms with Crippen molar-refractivity contribution in [3.8, 4) is 0 Å². The Morgan fingerprint density at radius 1 is 1.41 bits per heavy atom. The second-order valence-corrected chi connectivity index (χ2v) is 7.27. The minimum atomic E-state index is -0.355. The summed E-state index contributed by atoms with van der Waals surface area (Å²) < 4.78 is 0. The van der Waals surface area contributed by atoms with Crippen molar-refractivity contribution in [2.45, 2.75) is 40.2 Å². The quantitative estimate of drug-likeness (QED) is 0.613. The zero-order chi connectivity index (χ0) is 16.4. The molecule has 0 spiro atoms. The van der Waals surface area contributed by atoms with Gasteiger partial charge in [-0.2, -0.15) is 0 Å². The fourth-order valence-electron chi connectivity index (χ4n) is 2.73. The first-order valence-corrected chi connectivity index (χ1v) is 8.48. The highest BCUT2D eigenvalue weighted by Gasteiger charge is 2.28. The van der Waals surface area contributed by atoms with Crippen molar-refractivity contribution in [2.24, 2.45) is 10.9 Å². The first-order chi connectivity index (χ1) is 10.3. The molecule has 5 nitrogen and oxygen atoms in total. The molecule has 0 amide bonds. The van der Waals surface area contributed by atoms with E-state index in [9.17, 15) is 10.1 Å². The maximum absolute atomic E-state index is 10.9. The van der Waals surface area contributed by atoms with Crippen LogP contribution >= 0.6 is 11.8 Å². The molecule has 1 aliphatic heterocycles.